The first-order chi connectivity index (χ1) is 9.31. The zero-order valence-electron chi connectivity index (χ0n) is 13.9. The molecule has 1 nitrogen and oxygen atoms in total. The summed E-state index contributed by atoms with van der Waals surface area (Å²) in [4.78, 5) is 0. The molecule has 0 saturated carbocycles. The van der Waals surface area contributed by atoms with Crippen molar-refractivity contribution in [3.8, 4) is 0 Å². The van der Waals surface area contributed by atoms with Gasteiger partial charge in [-0.15, -0.1) is 0 Å². The number of hydrogen-bond acceptors (Lipinski definition) is 1. The third-order valence-electron chi connectivity index (χ3n) is 5.18. The highest BCUT2D eigenvalue weighted by molar-refractivity contribution is 5.63. The van der Waals surface area contributed by atoms with Crippen molar-refractivity contribution in [2.75, 3.05) is 5.32 Å². The molecular weight excluding hydrogens is 242 g/mol. The lowest BCUT2D eigenvalue weighted by atomic mass is 9.77. The molecular formula is C19H29N. The molecule has 110 valence electrons. The SMILES string of the molecule is CCC(C)(C)C1=CCc2c(cccc2C(C)(C)CC)N1. The predicted octanol–water partition coefficient (Wildman–Crippen LogP) is 5.66. The van der Waals surface area contributed by atoms with Gasteiger partial charge in [-0.2, -0.15) is 0 Å². The smallest absolute Gasteiger partial charge is 0.0420 e. The molecule has 0 amide bonds. The van der Waals surface area contributed by atoms with E-state index in [4.69, 9.17) is 0 Å². The van der Waals surface area contributed by atoms with E-state index in [9.17, 15) is 0 Å². The van der Waals surface area contributed by atoms with Crippen molar-refractivity contribution in [2.24, 2.45) is 5.41 Å². The van der Waals surface area contributed by atoms with Gasteiger partial charge in [-0.05, 0) is 41.9 Å². The second kappa shape index (κ2) is 5.27. The van der Waals surface area contributed by atoms with Crippen LogP contribution in [0.25, 0.3) is 0 Å². The molecule has 1 aliphatic heterocycles. The van der Waals surface area contributed by atoms with Crippen molar-refractivity contribution in [3.05, 3.63) is 41.1 Å². The highest BCUT2D eigenvalue weighted by Gasteiger charge is 2.28. The summed E-state index contributed by atoms with van der Waals surface area (Å²) in [5, 5.41) is 3.69. The normalized spacial score (nSPS) is 15.4. The number of anilines is 1. The average molecular weight is 271 g/mol. The molecule has 20 heavy (non-hydrogen) atoms. The second-order valence-corrected chi connectivity index (χ2v) is 7.25. The molecule has 1 heterocycles. The molecule has 1 aliphatic rings. The van der Waals surface area contributed by atoms with Crippen molar-refractivity contribution < 1.29 is 0 Å². The van der Waals surface area contributed by atoms with E-state index in [0.717, 1.165) is 12.8 Å². The first-order valence-corrected chi connectivity index (χ1v) is 7.92. The van der Waals surface area contributed by atoms with Gasteiger partial charge in [0.25, 0.3) is 0 Å². The zero-order valence-corrected chi connectivity index (χ0v) is 13.9. The Balaban J connectivity index is 2.40. The highest BCUT2D eigenvalue weighted by Crippen LogP contribution is 2.39. The second-order valence-electron chi connectivity index (χ2n) is 7.25. The molecule has 1 N–H and O–H groups in total. The van der Waals surface area contributed by atoms with Crippen LogP contribution in [0.1, 0.15) is 65.5 Å². The van der Waals surface area contributed by atoms with Crippen molar-refractivity contribution in [3.63, 3.8) is 0 Å². The molecule has 0 unspecified atom stereocenters. The van der Waals surface area contributed by atoms with Crippen LogP contribution in [0.15, 0.2) is 30.0 Å². The number of benzene rings is 1. The Bertz CT molecular complexity index is 521. The average Bonchev–Trinajstić information content (AvgIpc) is 2.45. The van der Waals surface area contributed by atoms with Crippen LogP contribution in [0, 0.1) is 5.41 Å². The van der Waals surface area contributed by atoms with Crippen LogP contribution in [0.2, 0.25) is 0 Å². The van der Waals surface area contributed by atoms with E-state index in [0.29, 0.717) is 0 Å². The summed E-state index contributed by atoms with van der Waals surface area (Å²) in [5.41, 5.74) is 6.14. The molecule has 0 radical (unpaired) electrons. The fraction of sp³-hybridized carbons (Fsp3) is 0.579. The Morgan fingerprint density at radius 1 is 1.00 bits per heavy atom. The molecule has 0 atom stereocenters. The van der Waals surface area contributed by atoms with Gasteiger partial charge in [0.15, 0.2) is 0 Å². The van der Waals surface area contributed by atoms with E-state index in [1.54, 1.807) is 0 Å². The Morgan fingerprint density at radius 3 is 2.25 bits per heavy atom. The lowest BCUT2D eigenvalue weighted by molar-refractivity contribution is 0.429. The van der Waals surface area contributed by atoms with Crippen molar-refractivity contribution >= 4 is 5.69 Å². The largest absolute Gasteiger partial charge is 0.358 e. The number of nitrogens with one attached hydrogen (secondary N) is 1. The van der Waals surface area contributed by atoms with E-state index < -0.39 is 0 Å². The molecule has 2 rings (SSSR count). The van der Waals surface area contributed by atoms with Crippen LogP contribution < -0.4 is 5.32 Å². The summed E-state index contributed by atoms with van der Waals surface area (Å²) >= 11 is 0. The third-order valence-corrected chi connectivity index (χ3v) is 5.18. The quantitative estimate of drug-likeness (QED) is 0.744. The van der Waals surface area contributed by atoms with Gasteiger partial charge < -0.3 is 5.32 Å². The van der Waals surface area contributed by atoms with Crippen molar-refractivity contribution in [1.29, 1.82) is 0 Å². The summed E-state index contributed by atoms with van der Waals surface area (Å²) in [7, 11) is 0. The van der Waals surface area contributed by atoms with Gasteiger partial charge in [-0.25, -0.2) is 0 Å². The van der Waals surface area contributed by atoms with Crippen LogP contribution in [0.4, 0.5) is 5.69 Å². The van der Waals surface area contributed by atoms with Gasteiger partial charge in [0.2, 0.25) is 0 Å². The minimum absolute atomic E-state index is 0.230. The Labute approximate surface area is 124 Å². The summed E-state index contributed by atoms with van der Waals surface area (Å²) in [5.74, 6) is 0. The fourth-order valence-electron chi connectivity index (χ4n) is 2.78. The van der Waals surface area contributed by atoms with Gasteiger partial charge in [0.05, 0.1) is 0 Å². The van der Waals surface area contributed by atoms with Crippen LogP contribution in [0.5, 0.6) is 0 Å². The molecule has 0 spiro atoms. The molecule has 1 aromatic carbocycles. The van der Waals surface area contributed by atoms with Gasteiger partial charge in [0.1, 0.15) is 0 Å². The standard InChI is InChI=1S/C19H29N/c1-7-18(3,4)15-10-9-11-16-14(15)12-13-17(20-16)19(5,6)8-2/h9-11,13,20H,7-8,12H2,1-6H3. The topological polar surface area (TPSA) is 12.0 Å². The Hall–Kier alpha value is -1.24. The first kappa shape index (κ1) is 15.2. The van der Waals surface area contributed by atoms with Crippen LogP contribution in [-0.4, -0.2) is 0 Å². The third kappa shape index (κ3) is 2.63. The van der Waals surface area contributed by atoms with Gasteiger partial charge in [-0.3, -0.25) is 0 Å². The van der Waals surface area contributed by atoms with E-state index in [-0.39, 0.29) is 10.8 Å². The molecule has 1 aromatic rings. The minimum Gasteiger partial charge on any atom is -0.358 e. The van der Waals surface area contributed by atoms with Gasteiger partial charge >= 0.3 is 0 Å². The number of fused-ring (bicyclic) bond motifs is 1. The number of hydrogen-bond donors (Lipinski definition) is 1. The van der Waals surface area contributed by atoms with Crippen LogP contribution in [-0.2, 0) is 11.8 Å². The highest BCUT2D eigenvalue weighted by atomic mass is 14.9. The molecule has 1 heteroatoms. The summed E-state index contributed by atoms with van der Waals surface area (Å²) in [6.45, 7) is 13.9. The van der Waals surface area contributed by atoms with E-state index in [2.05, 4.69) is 71.1 Å². The minimum atomic E-state index is 0.230. The zero-order chi connectivity index (χ0) is 15.0. The van der Waals surface area contributed by atoms with E-state index in [1.165, 1.54) is 28.9 Å². The van der Waals surface area contributed by atoms with Crippen LogP contribution in [0.3, 0.4) is 0 Å². The predicted molar refractivity (Wildman–Crippen MR) is 89.2 cm³/mol. The summed E-state index contributed by atoms with van der Waals surface area (Å²) < 4.78 is 0. The number of allylic oxidation sites excluding steroid dienone is 2. The lowest BCUT2D eigenvalue weighted by Crippen LogP contribution is -2.25. The monoisotopic (exact) mass is 271 g/mol. The van der Waals surface area contributed by atoms with Crippen molar-refractivity contribution in [1.82, 2.24) is 0 Å². The molecule has 0 aromatic heterocycles. The lowest BCUT2D eigenvalue weighted by Gasteiger charge is -2.34. The van der Waals surface area contributed by atoms with Gasteiger partial charge in [-0.1, -0.05) is 59.8 Å². The maximum absolute atomic E-state index is 3.69. The van der Waals surface area contributed by atoms with Gasteiger partial charge in [0, 0.05) is 16.8 Å². The molecule has 0 fully saturated rings. The fourth-order valence-corrected chi connectivity index (χ4v) is 2.78. The Kier molecular flexibility index (Phi) is 4.00. The van der Waals surface area contributed by atoms with E-state index in [1.807, 2.05) is 0 Å². The molecule has 0 bridgehead atoms. The molecule has 0 aliphatic carbocycles. The first-order valence-electron chi connectivity index (χ1n) is 7.92. The number of rotatable bonds is 4. The molecule has 0 saturated heterocycles. The summed E-state index contributed by atoms with van der Waals surface area (Å²) in [6, 6.07) is 6.72. The maximum atomic E-state index is 3.69. The Morgan fingerprint density at radius 2 is 1.65 bits per heavy atom. The maximum Gasteiger partial charge on any atom is 0.0420 e. The van der Waals surface area contributed by atoms with Crippen LogP contribution >= 0.6 is 0 Å². The van der Waals surface area contributed by atoms with E-state index >= 15 is 0 Å². The van der Waals surface area contributed by atoms with Crippen molar-refractivity contribution in [2.45, 2.75) is 66.2 Å². The summed E-state index contributed by atoms with van der Waals surface area (Å²) in [6.07, 6.45) is 5.77.